The van der Waals surface area contributed by atoms with Crippen LogP contribution in [0.2, 0.25) is 0 Å². The highest BCUT2D eigenvalue weighted by Crippen LogP contribution is 2.16. The molecule has 1 saturated heterocycles. The number of aromatic amines is 1. The highest BCUT2D eigenvalue weighted by Gasteiger charge is 2.19. The van der Waals surface area contributed by atoms with E-state index in [0.717, 1.165) is 49.3 Å². The minimum Gasteiger partial charge on any atom is -0.370 e. The normalized spacial score (nSPS) is 14.4. The molecule has 1 fully saturated rings. The Kier molecular flexibility index (Phi) is 7.14. The number of quaternary nitrogens is 1. The number of ether oxygens (including phenoxy) is 1. The van der Waals surface area contributed by atoms with Crippen LogP contribution in [0.5, 0.6) is 0 Å². The van der Waals surface area contributed by atoms with E-state index in [-0.39, 0.29) is 11.4 Å². The molecule has 2 heterocycles. The summed E-state index contributed by atoms with van der Waals surface area (Å²) in [7, 11) is 0. The quantitative estimate of drug-likeness (QED) is 0.497. The van der Waals surface area contributed by atoms with Gasteiger partial charge in [-0.05, 0) is 60.4 Å². The number of fused-ring (bicyclic) bond motifs is 1. The predicted molar refractivity (Wildman–Crippen MR) is 129 cm³/mol. The third-order valence-corrected chi connectivity index (χ3v) is 6.20. The van der Waals surface area contributed by atoms with Gasteiger partial charge in [0.2, 0.25) is 0 Å². The summed E-state index contributed by atoms with van der Waals surface area (Å²) in [4.78, 5) is 19.3. The fraction of sp³-hybridized carbons (Fsp3) is 0.333. The maximum atomic E-state index is 13.3. The van der Waals surface area contributed by atoms with Crippen LogP contribution in [-0.2, 0) is 11.3 Å². The molecule has 0 saturated carbocycles. The first kappa shape index (κ1) is 22.4. The molecular weight excluding hydrogens is 427 g/mol. The number of nitrogens with zero attached hydrogens (tertiary/aromatic N) is 1. The van der Waals surface area contributed by atoms with Crippen LogP contribution < -0.4 is 15.8 Å². The molecule has 0 radical (unpaired) electrons. The molecule has 0 amide bonds. The molecule has 1 aliphatic heterocycles. The van der Waals surface area contributed by atoms with Gasteiger partial charge in [0.1, 0.15) is 18.9 Å². The van der Waals surface area contributed by atoms with Crippen molar-refractivity contribution in [3.63, 3.8) is 0 Å². The number of aromatic nitrogens is 1. The van der Waals surface area contributed by atoms with Crippen molar-refractivity contribution in [2.75, 3.05) is 44.7 Å². The number of hydrogen-bond donors (Lipinski definition) is 3. The van der Waals surface area contributed by atoms with Crippen LogP contribution in [0.15, 0.2) is 53.3 Å². The van der Waals surface area contributed by atoms with Crippen LogP contribution in [0, 0.1) is 12.7 Å². The van der Waals surface area contributed by atoms with E-state index in [0.29, 0.717) is 29.5 Å². The Labute approximate surface area is 192 Å². The van der Waals surface area contributed by atoms with E-state index in [2.05, 4.69) is 10.3 Å². The van der Waals surface area contributed by atoms with Gasteiger partial charge in [-0.25, -0.2) is 4.39 Å². The number of morpholine rings is 1. The number of rotatable bonds is 6. The van der Waals surface area contributed by atoms with Crippen LogP contribution in [0.25, 0.3) is 10.9 Å². The third-order valence-electron chi connectivity index (χ3n) is 5.84. The average molecular weight is 456 g/mol. The number of para-hydroxylation sites is 1. The van der Waals surface area contributed by atoms with E-state index >= 15 is 0 Å². The molecule has 3 aromatic rings. The number of thiocarbonyl (C=S) groups is 1. The maximum absolute atomic E-state index is 13.3. The smallest absolute Gasteiger partial charge is 0.253 e. The number of nitrogens with one attached hydrogen (secondary N) is 3. The molecule has 32 heavy (non-hydrogen) atoms. The lowest BCUT2D eigenvalue weighted by Crippen LogP contribution is -3.14. The fourth-order valence-corrected chi connectivity index (χ4v) is 4.22. The molecule has 2 aromatic carbocycles. The number of halogens is 1. The lowest BCUT2D eigenvalue weighted by molar-refractivity contribution is -0.907. The molecule has 1 aliphatic rings. The topological polar surface area (TPSA) is 61.8 Å². The standard InChI is InChI=1S/C24H27FN4O2S/c1-17-3-2-4-18-15-19(23(30)27-22(17)18)16-29(10-9-28-11-13-31-14-12-28)24(32)26-21-7-5-20(25)6-8-21/h2-8,15H,9-14,16H2,1H3,(H,26,32)(H,27,30)/p+1. The van der Waals surface area contributed by atoms with Crippen molar-refractivity contribution in [3.8, 4) is 0 Å². The molecule has 1 aromatic heterocycles. The second kappa shape index (κ2) is 10.2. The number of pyridine rings is 1. The first-order chi connectivity index (χ1) is 15.5. The van der Waals surface area contributed by atoms with Crippen LogP contribution in [0.3, 0.4) is 0 Å². The molecule has 0 spiro atoms. The number of anilines is 1. The summed E-state index contributed by atoms with van der Waals surface area (Å²) in [6.45, 7) is 7.39. The second-order valence-electron chi connectivity index (χ2n) is 8.13. The van der Waals surface area contributed by atoms with Gasteiger partial charge >= 0.3 is 0 Å². The van der Waals surface area contributed by atoms with Crippen molar-refractivity contribution < 1.29 is 14.0 Å². The summed E-state index contributed by atoms with van der Waals surface area (Å²) in [6, 6.07) is 14.0. The van der Waals surface area contributed by atoms with Crippen molar-refractivity contribution in [2.45, 2.75) is 13.5 Å². The summed E-state index contributed by atoms with van der Waals surface area (Å²) < 4.78 is 18.7. The molecule has 6 nitrogen and oxygen atoms in total. The lowest BCUT2D eigenvalue weighted by atomic mass is 10.1. The number of aryl methyl sites for hydroxylation is 1. The highest BCUT2D eigenvalue weighted by atomic mass is 32.1. The Bertz CT molecular complexity index is 1140. The molecule has 0 aliphatic carbocycles. The molecule has 4 rings (SSSR count). The van der Waals surface area contributed by atoms with E-state index in [1.165, 1.54) is 17.0 Å². The Morgan fingerprint density at radius 2 is 1.97 bits per heavy atom. The number of H-pyrrole nitrogens is 1. The van der Waals surface area contributed by atoms with Crippen molar-refractivity contribution in [1.29, 1.82) is 0 Å². The summed E-state index contributed by atoms with van der Waals surface area (Å²) in [5, 5.41) is 4.69. The molecule has 0 bridgehead atoms. The third kappa shape index (κ3) is 5.51. The molecular formula is C24H28FN4O2S+. The van der Waals surface area contributed by atoms with E-state index in [4.69, 9.17) is 17.0 Å². The van der Waals surface area contributed by atoms with Gasteiger partial charge in [0.05, 0.1) is 38.4 Å². The van der Waals surface area contributed by atoms with Crippen molar-refractivity contribution in [3.05, 3.63) is 75.8 Å². The SMILES string of the molecule is Cc1cccc2cc(CN(CC[NH+]3CCOCC3)C(=S)Nc3ccc(F)cc3)c(=O)[nH]c12. The Morgan fingerprint density at radius 3 is 2.72 bits per heavy atom. The van der Waals surface area contributed by atoms with Gasteiger partial charge < -0.3 is 24.8 Å². The minimum atomic E-state index is -0.299. The van der Waals surface area contributed by atoms with E-state index in [1.807, 2.05) is 36.1 Å². The van der Waals surface area contributed by atoms with E-state index < -0.39 is 0 Å². The van der Waals surface area contributed by atoms with Gasteiger partial charge in [0.25, 0.3) is 5.56 Å². The largest absolute Gasteiger partial charge is 0.370 e. The molecule has 3 N–H and O–H groups in total. The van der Waals surface area contributed by atoms with Crippen LogP contribution in [0.4, 0.5) is 10.1 Å². The summed E-state index contributed by atoms with van der Waals surface area (Å²) in [6.07, 6.45) is 0. The van der Waals surface area contributed by atoms with Gasteiger partial charge in [-0.1, -0.05) is 18.2 Å². The van der Waals surface area contributed by atoms with Crippen LogP contribution in [0.1, 0.15) is 11.1 Å². The monoisotopic (exact) mass is 455 g/mol. The van der Waals surface area contributed by atoms with Gasteiger partial charge in [0, 0.05) is 11.3 Å². The fourth-order valence-electron chi connectivity index (χ4n) is 3.94. The van der Waals surface area contributed by atoms with Gasteiger partial charge in [-0.15, -0.1) is 0 Å². The lowest BCUT2D eigenvalue weighted by Gasteiger charge is -2.29. The second-order valence-corrected chi connectivity index (χ2v) is 8.52. The van der Waals surface area contributed by atoms with Crippen molar-refractivity contribution in [1.82, 2.24) is 9.88 Å². The summed E-state index contributed by atoms with van der Waals surface area (Å²) in [5.74, 6) is -0.299. The first-order valence-corrected chi connectivity index (χ1v) is 11.2. The van der Waals surface area contributed by atoms with E-state index in [1.54, 1.807) is 12.1 Å². The van der Waals surface area contributed by atoms with Gasteiger partial charge in [0.15, 0.2) is 5.11 Å². The Morgan fingerprint density at radius 1 is 1.22 bits per heavy atom. The zero-order chi connectivity index (χ0) is 22.5. The predicted octanol–water partition coefficient (Wildman–Crippen LogP) is 2.09. The number of hydrogen-bond acceptors (Lipinski definition) is 3. The maximum Gasteiger partial charge on any atom is 0.253 e. The van der Waals surface area contributed by atoms with Gasteiger partial charge in [-0.2, -0.15) is 0 Å². The molecule has 0 unspecified atom stereocenters. The Hall–Kier alpha value is -2.81. The minimum absolute atomic E-state index is 0.111. The highest BCUT2D eigenvalue weighted by molar-refractivity contribution is 7.80. The molecule has 0 atom stereocenters. The Balaban J connectivity index is 1.55. The summed E-state index contributed by atoms with van der Waals surface area (Å²) in [5.41, 5.74) is 3.15. The zero-order valence-electron chi connectivity index (χ0n) is 18.1. The molecule has 168 valence electrons. The van der Waals surface area contributed by atoms with Gasteiger partial charge in [-0.3, -0.25) is 4.79 Å². The summed E-state index contributed by atoms with van der Waals surface area (Å²) >= 11 is 5.69. The van der Waals surface area contributed by atoms with Crippen LogP contribution in [-0.4, -0.2) is 54.4 Å². The number of benzene rings is 2. The van der Waals surface area contributed by atoms with E-state index in [9.17, 15) is 9.18 Å². The molecule has 8 heteroatoms. The zero-order valence-corrected chi connectivity index (χ0v) is 18.9. The van der Waals surface area contributed by atoms with Crippen molar-refractivity contribution in [2.24, 2.45) is 0 Å². The van der Waals surface area contributed by atoms with Crippen LogP contribution >= 0.6 is 12.2 Å². The average Bonchev–Trinajstić information content (AvgIpc) is 2.80. The first-order valence-electron chi connectivity index (χ1n) is 10.8. The van der Waals surface area contributed by atoms with Crippen molar-refractivity contribution >= 4 is 33.9 Å².